The number of fused-ring (bicyclic) bond motifs is 12. The molecule has 0 saturated carbocycles. The molecule has 1 aliphatic rings. The third-order valence-electron chi connectivity index (χ3n) is 12.1. The molecular weight excluding hydrogens is 713 g/mol. The summed E-state index contributed by atoms with van der Waals surface area (Å²) >= 11 is 0. The number of hydrogen-bond donors (Lipinski definition) is 0. The van der Waals surface area contributed by atoms with Crippen molar-refractivity contribution in [2.24, 2.45) is 4.99 Å². The van der Waals surface area contributed by atoms with E-state index in [1.54, 1.807) is 0 Å². The molecule has 6 heterocycles. The van der Waals surface area contributed by atoms with E-state index in [1.165, 1.54) is 21.5 Å². The van der Waals surface area contributed by atoms with Gasteiger partial charge in [0.1, 0.15) is 17.0 Å². The van der Waals surface area contributed by atoms with E-state index in [-0.39, 0.29) is 0 Å². The van der Waals surface area contributed by atoms with Crippen molar-refractivity contribution < 1.29 is 8.83 Å². The van der Waals surface area contributed by atoms with Gasteiger partial charge in [0.05, 0.1) is 33.4 Å². The largest absolute Gasteiger partial charge is 0.457 e. The minimum absolute atomic E-state index is 0.780. The number of para-hydroxylation sites is 4. The van der Waals surface area contributed by atoms with Crippen molar-refractivity contribution in [2.45, 2.75) is 12.8 Å². The Morgan fingerprint density at radius 2 is 1.12 bits per heavy atom. The van der Waals surface area contributed by atoms with E-state index in [4.69, 9.17) is 18.8 Å². The van der Waals surface area contributed by atoms with Gasteiger partial charge in [-0.1, -0.05) is 91.0 Å². The van der Waals surface area contributed by atoms with Crippen LogP contribution in [0.4, 0.5) is 5.69 Å². The van der Waals surface area contributed by atoms with Gasteiger partial charge >= 0.3 is 0 Å². The minimum atomic E-state index is 0.780. The van der Waals surface area contributed by atoms with Crippen LogP contribution >= 0.6 is 0 Å². The van der Waals surface area contributed by atoms with Crippen molar-refractivity contribution >= 4 is 88.6 Å². The van der Waals surface area contributed by atoms with Crippen molar-refractivity contribution in [3.8, 4) is 33.6 Å². The number of furan rings is 2. The smallest absolute Gasteiger partial charge is 0.161 e. The highest BCUT2D eigenvalue weighted by Gasteiger charge is 2.24. The monoisotopic (exact) mass is 744 g/mol. The molecule has 6 nitrogen and oxygen atoms in total. The second-order valence-corrected chi connectivity index (χ2v) is 15.2. The topological polar surface area (TPSA) is 61.4 Å². The first-order chi connectivity index (χ1) is 28.8. The number of hydrogen-bond acceptors (Lipinski definition) is 4. The second-order valence-electron chi connectivity index (χ2n) is 15.2. The third-order valence-corrected chi connectivity index (χ3v) is 12.1. The van der Waals surface area contributed by atoms with Gasteiger partial charge < -0.3 is 18.0 Å². The molecule has 0 N–H and O–H groups in total. The molecule has 13 rings (SSSR count). The molecule has 0 bridgehead atoms. The zero-order chi connectivity index (χ0) is 37.9. The van der Waals surface area contributed by atoms with E-state index in [1.807, 2.05) is 24.5 Å². The van der Waals surface area contributed by atoms with Crippen molar-refractivity contribution in [1.82, 2.24) is 14.1 Å². The Morgan fingerprint density at radius 1 is 0.466 bits per heavy atom. The molecule has 0 atom stereocenters. The van der Waals surface area contributed by atoms with Crippen LogP contribution in [0.25, 0.3) is 110 Å². The summed E-state index contributed by atoms with van der Waals surface area (Å²) in [5.41, 5.74) is 15.4. The molecule has 0 aliphatic carbocycles. The standard InChI is InChI=1S/C52H32N4O2/c1-2-12-31(13-3-1)39-30-46-40(34-15-5-7-19-42(34)56(46)44-21-9-17-37-50-48(58-52(37)44)23-11-27-54-50)29-38(39)32-24-25-35-33-14-4-6-18-41(33)55(45(35)28-32)43-20-8-16-36-49-47(57-51(36)43)22-10-26-53-49/h1-9,11-21,23-30H,10,22H2. The van der Waals surface area contributed by atoms with Crippen LogP contribution in [0.3, 0.4) is 0 Å². The van der Waals surface area contributed by atoms with E-state index >= 15 is 0 Å². The predicted molar refractivity (Wildman–Crippen MR) is 237 cm³/mol. The fraction of sp³-hybridized carbons (Fsp3) is 0.0385. The minimum Gasteiger partial charge on any atom is -0.457 e. The van der Waals surface area contributed by atoms with Crippen LogP contribution in [0.2, 0.25) is 0 Å². The van der Waals surface area contributed by atoms with Crippen molar-refractivity contribution in [3.05, 3.63) is 170 Å². The van der Waals surface area contributed by atoms with Gasteiger partial charge in [0.15, 0.2) is 16.7 Å². The van der Waals surface area contributed by atoms with Gasteiger partial charge in [0.25, 0.3) is 0 Å². The highest BCUT2D eigenvalue weighted by Crippen LogP contribution is 2.45. The third kappa shape index (κ3) is 4.37. The number of nitrogens with zero attached hydrogens (tertiary/aromatic N) is 4. The summed E-state index contributed by atoms with van der Waals surface area (Å²) in [6.45, 7) is 0. The molecular formula is C52H32N4O2. The molecule has 0 radical (unpaired) electrons. The molecule has 58 heavy (non-hydrogen) atoms. The molecule has 0 unspecified atom stereocenters. The molecule has 0 fully saturated rings. The van der Waals surface area contributed by atoms with Gasteiger partial charge in [-0.15, -0.1) is 0 Å². The van der Waals surface area contributed by atoms with Gasteiger partial charge in [0, 0.05) is 51.1 Å². The Balaban J connectivity index is 1.11. The second kappa shape index (κ2) is 11.9. The Kier molecular flexibility index (Phi) is 6.46. The van der Waals surface area contributed by atoms with Crippen LogP contribution in [0, 0.1) is 0 Å². The van der Waals surface area contributed by atoms with E-state index in [9.17, 15) is 0 Å². The summed E-state index contributed by atoms with van der Waals surface area (Å²) in [4.78, 5) is 9.47. The van der Waals surface area contributed by atoms with E-state index < -0.39 is 0 Å². The lowest BCUT2D eigenvalue weighted by Crippen LogP contribution is -1.96. The molecule has 1 aliphatic heterocycles. The first-order valence-corrected chi connectivity index (χ1v) is 19.8. The fourth-order valence-corrected chi connectivity index (χ4v) is 9.53. The van der Waals surface area contributed by atoms with Crippen LogP contribution in [0.15, 0.2) is 178 Å². The van der Waals surface area contributed by atoms with Gasteiger partial charge in [-0.3, -0.25) is 9.98 Å². The van der Waals surface area contributed by atoms with Gasteiger partial charge in [-0.2, -0.15) is 0 Å². The Labute approximate surface area is 331 Å². The van der Waals surface area contributed by atoms with Crippen LogP contribution in [-0.4, -0.2) is 20.3 Å². The molecule has 6 heteroatoms. The number of pyridine rings is 1. The maximum atomic E-state index is 6.66. The lowest BCUT2D eigenvalue weighted by atomic mass is 9.92. The van der Waals surface area contributed by atoms with Crippen molar-refractivity contribution in [2.75, 3.05) is 0 Å². The summed E-state index contributed by atoms with van der Waals surface area (Å²) in [6.07, 6.45) is 5.58. The van der Waals surface area contributed by atoms with E-state index in [2.05, 4.69) is 155 Å². The molecule has 272 valence electrons. The van der Waals surface area contributed by atoms with Gasteiger partial charge in [-0.05, 0) is 95.4 Å². The fourth-order valence-electron chi connectivity index (χ4n) is 9.53. The zero-order valence-corrected chi connectivity index (χ0v) is 31.2. The lowest BCUT2D eigenvalue weighted by molar-refractivity contribution is 0.550. The van der Waals surface area contributed by atoms with Crippen LogP contribution < -0.4 is 0 Å². The van der Waals surface area contributed by atoms with E-state index in [0.29, 0.717) is 0 Å². The number of benzene rings is 7. The van der Waals surface area contributed by atoms with Gasteiger partial charge in [-0.25, -0.2) is 0 Å². The molecule has 12 aromatic rings. The summed E-state index contributed by atoms with van der Waals surface area (Å²) in [7, 11) is 0. The average Bonchev–Trinajstić information content (AvgIpc) is 4.04. The zero-order valence-electron chi connectivity index (χ0n) is 31.2. The quantitative estimate of drug-likeness (QED) is 0.180. The first-order valence-electron chi connectivity index (χ1n) is 19.8. The summed E-state index contributed by atoms with van der Waals surface area (Å²) in [6, 6.07) is 56.5. The summed E-state index contributed by atoms with van der Waals surface area (Å²) in [5.74, 6) is 0.958. The maximum Gasteiger partial charge on any atom is 0.161 e. The molecule has 0 amide bonds. The highest BCUT2D eigenvalue weighted by molar-refractivity contribution is 6.16. The Morgan fingerprint density at radius 3 is 1.93 bits per heavy atom. The normalized spacial score (nSPS) is 13.0. The maximum absolute atomic E-state index is 6.66. The number of aliphatic imine (C=N–C) groups is 1. The van der Waals surface area contributed by atoms with Gasteiger partial charge in [0.2, 0.25) is 0 Å². The SMILES string of the molecule is C1=Nc2c(oc3c(-n4c5ccccc5c5ccc(-c6cc7c8ccccc8n(-c8cccc9c8oc8cccnc89)c7cc6-c6ccccc6)cc54)cccc23)CC1. The molecule has 5 aromatic heterocycles. The average molecular weight is 745 g/mol. The Hall–Kier alpha value is -7.70. The van der Waals surface area contributed by atoms with Crippen LogP contribution in [0.5, 0.6) is 0 Å². The number of aryl methyl sites for hydroxylation is 1. The predicted octanol–water partition coefficient (Wildman–Crippen LogP) is 13.9. The molecule has 0 saturated heterocycles. The van der Waals surface area contributed by atoms with Crippen LogP contribution in [-0.2, 0) is 6.42 Å². The lowest BCUT2D eigenvalue weighted by Gasteiger charge is -2.15. The van der Waals surface area contributed by atoms with Crippen LogP contribution in [0.1, 0.15) is 12.2 Å². The van der Waals surface area contributed by atoms with E-state index in [0.717, 1.165) is 113 Å². The molecule has 7 aromatic carbocycles. The van der Waals surface area contributed by atoms with Crippen molar-refractivity contribution in [3.63, 3.8) is 0 Å². The number of rotatable bonds is 4. The highest BCUT2D eigenvalue weighted by atomic mass is 16.3. The first kappa shape index (κ1) is 31.5. The number of aromatic nitrogens is 3. The summed E-state index contributed by atoms with van der Waals surface area (Å²) < 4.78 is 18.0. The summed E-state index contributed by atoms with van der Waals surface area (Å²) in [5, 5.41) is 6.79. The van der Waals surface area contributed by atoms with Crippen molar-refractivity contribution in [1.29, 1.82) is 0 Å². The Bertz CT molecular complexity index is 3690. The molecule has 0 spiro atoms.